The average molecular weight is 615 g/mol. The lowest BCUT2D eigenvalue weighted by Gasteiger charge is -2.20. The molecule has 0 fully saturated rings. The van der Waals surface area contributed by atoms with Gasteiger partial charge in [-0.25, -0.2) is 4.98 Å². The van der Waals surface area contributed by atoms with Gasteiger partial charge in [-0.05, 0) is 74.2 Å². The molecule has 0 bridgehead atoms. The van der Waals surface area contributed by atoms with Crippen molar-refractivity contribution in [2.45, 2.75) is 46.0 Å². The van der Waals surface area contributed by atoms with Crippen molar-refractivity contribution in [1.29, 1.82) is 0 Å². The van der Waals surface area contributed by atoms with Gasteiger partial charge in [-0.1, -0.05) is 138 Å². The summed E-state index contributed by atoms with van der Waals surface area (Å²) < 4.78 is 1.19. The molecular weight excluding hydrogens is 577 g/mol. The molecule has 0 aliphatic carbocycles. The molecule has 46 heavy (non-hydrogen) atoms. The summed E-state index contributed by atoms with van der Waals surface area (Å²) in [5.74, 6) is 0.528. The molecule has 0 amide bonds. The maximum Gasteiger partial charge on any atom is 0.126 e. The fourth-order valence-corrected chi connectivity index (χ4v) is 7.04. The molecule has 7 aromatic rings. The van der Waals surface area contributed by atoms with Crippen molar-refractivity contribution in [3.05, 3.63) is 144 Å². The summed E-state index contributed by atoms with van der Waals surface area (Å²) in [4.78, 5) is 10.3. The molecule has 0 atom stereocenters. The third-order valence-corrected chi connectivity index (χ3v) is 9.80. The number of thiazole rings is 1. The molecule has 7 rings (SSSR count). The van der Waals surface area contributed by atoms with E-state index in [9.17, 15) is 0 Å². The quantitative estimate of drug-likeness (QED) is 0.171. The Morgan fingerprint density at radius 2 is 1.33 bits per heavy atom. The van der Waals surface area contributed by atoms with Crippen LogP contribution in [0.3, 0.4) is 0 Å². The molecule has 0 saturated heterocycles. The van der Waals surface area contributed by atoms with Crippen LogP contribution in [0.2, 0.25) is 0 Å². The van der Waals surface area contributed by atoms with Crippen LogP contribution in [0.1, 0.15) is 57.2 Å². The Balaban J connectivity index is 1.29. The van der Waals surface area contributed by atoms with Gasteiger partial charge in [-0.2, -0.15) is 0 Å². The molecule has 0 N–H and O–H groups in total. The van der Waals surface area contributed by atoms with Crippen LogP contribution in [0.5, 0.6) is 0 Å². The van der Waals surface area contributed by atoms with E-state index >= 15 is 0 Å². The predicted molar refractivity (Wildman–Crippen MR) is 200 cm³/mol. The molecule has 0 saturated carbocycles. The molecule has 1 aromatic heterocycles. The Morgan fingerprint density at radius 1 is 0.674 bits per heavy atom. The van der Waals surface area contributed by atoms with Gasteiger partial charge in [0.05, 0.1) is 15.9 Å². The Morgan fingerprint density at radius 3 is 2.07 bits per heavy atom. The lowest BCUT2D eigenvalue weighted by molar-refractivity contribution is 0.591. The lowest BCUT2D eigenvalue weighted by atomic mass is 9.85. The van der Waals surface area contributed by atoms with Crippen molar-refractivity contribution in [2.75, 3.05) is 0 Å². The Kier molecular flexibility index (Phi) is 7.88. The number of fused-ring (bicyclic) bond motifs is 2. The first-order valence-corrected chi connectivity index (χ1v) is 16.8. The standard InChI is InChI=1S/C43H38N2S/c1-28(2)29-17-19-30(20-18-29)31-21-23-33(24-22-31)38-25-35(43(3,4)5)26-40-41(38)45-42(46-40)37-15-8-9-16-39(37)44-27-34-13-10-12-32-11-6-7-14-36(32)34/h6-28H,1-5H3. The maximum atomic E-state index is 5.30. The third kappa shape index (κ3) is 5.91. The summed E-state index contributed by atoms with van der Waals surface area (Å²) in [6.45, 7) is 11.3. The minimum Gasteiger partial charge on any atom is -0.256 e. The number of para-hydroxylation sites is 1. The van der Waals surface area contributed by atoms with Crippen LogP contribution in [-0.2, 0) is 5.41 Å². The van der Waals surface area contributed by atoms with Crippen LogP contribution in [0.15, 0.2) is 132 Å². The maximum absolute atomic E-state index is 5.30. The zero-order chi connectivity index (χ0) is 31.8. The molecule has 0 radical (unpaired) electrons. The van der Waals surface area contributed by atoms with Crippen LogP contribution in [0.4, 0.5) is 5.69 Å². The van der Waals surface area contributed by atoms with E-state index in [0.29, 0.717) is 5.92 Å². The van der Waals surface area contributed by atoms with Crippen molar-refractivity contribution in [3.63, 3.8) is 0 Å². The van der Waals surface area contributed by atoms with Crippen molar-refractivity contribution in [2.24, 2.45) is 4.99 Å². The van der Waals surface area contributed by atoms with Crippen molar-refractivity contribution < 1.29 is 0 Å². The van der Waals surface area contributed by atoms with Gasteiger partial charge in [0.15, 0.2) is 0 Å². The smallest absolute Gasteiger partial charge is 0.126 e. The summed E-state index contributed by atoms with van der Waals surface area (Å²) >= 11 is 1.75. The summed E-state index contributed by atoms with van der Waals surface area (Å²) in [5, 5.41) is 3.39. The third-order valence-electron chi connectivity index (χ3n) is 8.77. The summed E-state index contributed by atoms with van der Waals surface area (Å²) in [6.07, 6.45) is 1.98. The fourth-order valence-electron chi connectivity index (χ4n) is 5.97. The molecule has 3 heteroatoms. The number of aromatic nitrogens is 1. The van der Waals surface area contributed by atoms with Crippen molar-refractivity contribution >= 4 is 44.2 Å². The molecule has 0 aliphatic heterocycles. The van der Waals surface area contributed by atoms with Crippen LogP contribution in [-0.4, -0.2) is 11.2 Å². The second-order valence-electron chi connectivity index (χ2n) is 13.3. The Bertz CT molecular complexity index is 2190. The summed E-state index contributed by atoms with van der Waals surface area (Å²) in [7, 11) is 0. The number of aliphatic imine (C=N–C) groups is 1. The van der Waals surface area contributed by atoms with Gasteiger partial charge in [-0.15, -0.1) is 11.3 Å². The van der Waals surface area contributed by atoms with Gasteiger partial charge in [0, 0.05) is 22.9 Å². The predicted octanol–water partition coefficient (Wildman–Crippen LogP) is 12.6. The first-order valence-electron chi connectivity index (χ1n) is 16.0. The van der Waals surface area contributed by atoms with Gasteiger partial charge >= 0.3 is 0 Å². The first-order chi connectivity index (χ1) is 22.2. The SMILES string of the molecule is CC(C)c1ccc(-c2ccc(-c3cc(C(C)(C)C)cc4sc(-c5ccccc5N=Cc5cccc6ccccc56)nc34)cc2)cc1. The highest BCUT2D eigenvalue weighted by atomic mass is 32.1. The molecule has 6 aromatic carbocycles. The van der Waals surface area contributed by atoms with E-state index in [0.717, 1.165) is 27.3 Å². The minimum atomic E-state index is 0.00581. The summed E-state index contributed by atoms with van der Waals surface area (Å²) in [6, 6.07) is 45.7. The van der Waals surface area contributed by atoms with Crippen LogP contribution in [0.25, 0.3) is 53.8 Å². The zero-order valence-corrected chi connectivity index (χ0v) is 27.9. The van der Waals surface area contributed by atoms with Crippen molar-refractivity contribution in [1.82, 2.24) is 4.98 Å². The van der Waals surface area contributed by atoms with E-state index in [-0.39, 0.29) is 5.41 Å². The number of hydrogen-bond acceptors (Lipinski definition) is 3. The molecule has 2 nitrogen and oxygen atoms in total. The topological polar surface area (TPSA) is 25.2 Å². The Labute approximate surface area is 276 Å². The number of hydrogen-bond donors (Lipinski definition) is 0. The van der Waals surface area contributed by atoms with Gasteiger partial charge < -0.3 is 0 Å². The fraction of sp³-hybridized carbons (Fsp3) is 0.163. The Hall–Kier alpha value is -4.86. The highest BCUT2D eigenvalue weighted by Crippen LogP contribution is 2.42. The van der Waals surface area contributed by atoms with Crippen LogP contribution < -0.4 is 0 Å². The monoisotopic (exact) mass is 614 g/mol. The number of nitrogens with zero attached hydrogens (tertiary/aromatic N) is 2. The molecule has 0 spiro atoms. The van der Waals surface area contributed by atoms with E-state index in [1.54, 1.807) is 11.3 Å². The average Bonchev–Trinajstić information content (AvgIpc) is 3.51. The second kappa shape index (κ2) is 12.2. The largest absolute Gasteiger partial charge is 0.256 e. The number of benzene rings is 6. The molecule has 226 valence electrons. The molecule has 1 heterocycles. The first kappa shape index (κ1) is 29.8. The van der Waals surface area contributed by atoms with E-state index < -0.39 is 0 Å². The highest BCUT2D eigenvalue weighted by Gasteiger charge is 2.20. The summed E-state index contributed by atoms with van der Waals surface area (Å²) in [5.41, 5.74) is 11.6. The zero-order valence-electron chi connectivity index (χ0n) is 27.1. The molecule has 0 aliphatic rings. The molecular formula is C43H38N2S. The van der Waals surface area contributed by atoms with E-state index in [1.807, 2.05) is 12.3 Å². The van der Waals surface area contributed by atoms with E-state index in [4.69, 9.17) is 9.98 Å². The van der Waals surface area contributed by atoms with Crippen LogP contribution in [0, 0.1) is 0 Å². The van der Waals surface area contributed by atoms with Gasteiger partial charge in [0.2, 0.25) is 0 Å². The van der Waals surface area contributed by atoms with Gasteiger partial charge in [-0.3, -0.25) is 4.99 Å². The van der Waals surface area contributed by atoms with E-state index in [1.165, 1.54) is 48.9 Å². The normalized spacial score (nSPS) is 12.1. The molecule has 0 unspecified atom stereocenters. The highest BCUT2D eigenvalue weighted by molar-refractivity contribution is 7.21. The van der Waals surface area contributed by atoms with Gasteiger partial charge in [0.1, 0.15) is 5.01 Å². The van der Waals surface area contributed by atoms with Gasteiger partial charge in [0.25, 0.3) is 0 Å². The van der Waals surface area contributed by atoms with Crippen molar-refractivity contribution in [3.8, 4) is 32.8 Å². The van der Waals surface area contributed by atoms with Crippen LogP contribution >= 0.6 is 11.3 Å². The lowest BCUT2D eigenvalue weighted by Crippen LogP contribution is -2.11. The minimum absolute atomic E-state index is 0.00581. The number of rotatable bonds is 6. The second-order valence-corrected chi connectivity index (χ2v) is 14.4. The van der Waals surface area contributed by atoms with E-state index in [2.05, 4.69) is 156 Å².